The first-order chi connectivity index (χ1) is 12.4. The summed E-state index contributed by atoms with van der Waals surface area (Å²) in [5.74, 6) is 0.488. The van der Waals surface area contributed by atoms with E-state index in [-0.39, 0.29) is 11.9 Å². The van der Waals surface area contributed by atoms with Crippen molar-refractivity contribution in [1.82, 2.24) is 9.55 Å². The summed E-state index contributed by atoms with van der Waals surface area (Å²) >= 11 is 0. The third kappa shape index (κ3) is 4.67. The number of fused-ring (bicyclic) bond motifs is 1. The van der Waals surface area contributed by atoms with Gasteiger partial charge in [-0.2, -0.15) is 0 Å². The number of methoxy groups -OCH3 is 1. The summed E-state index contributed by atoms with van der Waals surface area (Å²) in [5, 5.41) is 0. The monoisotopic (exact) mass is 372 g/mol. The topological polar surface area (TPSA) is 45.5 Å². The average molecular weight is 372 g/mol. The minimum Gasteiger partial charge on any atom is -0.406 e. The number of halogens is 3. The van der Waals surface area contributed by atoms with Crippen molar-refractivity contribution in [3.63, 3.8) is 0 Å². The second-order valence-electron chi connectivity index (χ2n) is 6.55. The van der Waals surface area contributed by atoms with Gasteiger partial charge >= 0.3 is 6.36 Å². The van der Waals surface area contributed by atoms with E-state index in [9.17, 15) is 13.2 Å². The number of aromatic nitrogens is 2. The number of hydrogen-bond acceptors (Lipinski definition) is 4. The van der Waals surface area contributed by atoms with Gasteiger partial charge in [-0.25, -0.2) is 4.98 Å². The lowest BCUT2D eigenvalue weighted by Crippen LogP contribution is -2.24. The van der Waals surface area contributed by atoms with Crippen LogP contribution in [0.25, 0.3) is 11.0 Å². The molecule has 1 fully saturated rings. The Morgan fingerprint density at radius 1 is 1.31 bits per heavy atom. The van der Waals surface area contributed by atoms with Gasteiger partial charge in [0.25, 0.3) is 0 Å². The zero-order chi connectivity index (χ0) is 18.7. The van der Waals surface area contributed by atoms with E-state index in [0.717, 1.165) is 24.2 Å². The fourth-order valence-corrected chi connectivity index (χ4v) is 2.95. The minimum absolute atomic E-state index is 0.0518. The Morgan fingerprint density at radius 3 is 2.69 bits per heavy atom. The largest absolute Gasteiger partial charge is 0.573 e. The number of imidazole rings is 1. The van der Waals surface area contributed by atoms with Crippen LogP contribution in [0.15, 0.2) is 18.2 Å². The molecular formula is C18H23F3N2O3. The molecule has 0 spiro atoms. The van der Waals surface area contributed by atoms with Gasteiger partial charge in [0.15, 0.2) is 0 Å². The number of rotatable bonds is 8. The molecule has 1 unspecified atom stereocenters. The van der Waals surface area contributed by atoms with Gasteiger partial charge in [0, 0.05) is 26.1 Å². The minimum atomic E-state index is -4.72. The third-order valence-corrected chi connectivity index (χ3v) is 4.63. The maximum absolute atomic E-state index is 12.4. The molecule has 1 aliphatic carbocycles. The molecule has 2 aromatic rings. The van der Waals surface area contributed by atoms with Crippen LogP contribution in [0.3, 0.4) is 0 Å². The molecule has 0 bridgehead atoms. The normalized spacial score (nSPS) is 16.7. The van der Waals surface area contributed by atoms with Gasteiger partial charge in [-0.05, 0) is 38.3 Å². The van der Waals surface area contributed by atoms with E-state index < -0.39 is 6.36 Å². The molecule has 0 N–H and O–H groups in total. The van der Waals surface area contributed by atoms with E-state index in [4.69, 9.17) is 9.47 Å². The van der Waals surface area contributed by atoms with E-state index in [1.165, 1.54) is 18.6 Å². The van der Waals surface area contributed by atoms with Crippen LogP contribution in [0.1, 0.15) is 32.0 Å². The summed E-state index contributed by atoms with van der Waals surface area (Å²) in [6.45, 7) is 3.07. The molecule has 0 radical (unpaired) electrons. The van der Waals surface area contributed by atoms with Gasteiger partial charge in [-0.15, -0.1) is 13.2 Å². The van der Waals surface area contributed by atoms with E-state index in [1.54, 1.807) is 13.2 Å². The lowest BCUT2D eigenvalue weighted by Gasteiger charge is -2.25. The van der Waals surface area contributed by atoms with Gasteiger partial charge in [0.2, 0.25) is 0 Å². The molecule has 1 aromatic heterocycles. The predicted octanol–water partition coefficient (Wildman–Crippen LogP) is 4.08. The van der Waals surface area contributed by atoms with Crippen LogP contribution in [0, 0.1) is 0 Å². The third-order valence-electron chi connectivity index (χ3n) is 4.63. The molecule has 144 valence electrons. The van der Waals surface area contributed by atoms with Gasteiger partial charge < -0.3 is 18.8 Å². The summed E-state index contributed by atoms with van der Waals surface area (Å²) in [7, 11) is 1.62. The predicted molar refractivity (Wildman–Crippen MR) is 90.2 cm³/mol. The van der Waals surface area contributed by atoms with Crippen molar-refractivity contribution in [3.05, 3.63) is 24.0 Å². The molecule has 1 aliphatic rings. The number of hydrogen-bond donors (Lipinski definition) is 0. The molecule has 26 heavy (non-hydrogen) atoms. The Bertz CT molecular complexity index is 741. The van der Waals surface area contributed by atoms with Crippen LogP contribution in [0.4, 0.5) is 13.2 Å². The van der Waals surface area contributed by atoms with Crippen LogP contribution in [-0.2, 0) is 22.4 Å². The van der Waals surface area contributed by atoms with Crippen LogP contribution in [-0.4, -0.2) is 41.8 Å². The summed E-state index contributed by atoms with van der Waals surface area (Å²) in [6, 6.07) is 4.23. The highest BCUT2D eigenvalue weighted by Crippen LogP contribution is 2.28. The highest BCUT2D eigenvalue weighted by Gasteiger charge is 2.31. The maximum atomic E-state index is 12.4. The van der Waals surface area contributed by atoms with Gasteiger partial charge in [-0.3, -0.25) is 0 Å². The maximum Gasteiger partial charge on any atom is 0.573 e. The Labute approximate surface area is 150 Å². The summed E-state index contributed by atoms with van der Waals surface area (Å²) in [4.78, 5) is 4.50. The fraction of sp³-hybridized carbons (Fsp3) is 0.611. The summed E-state index contributed by atoms with van der Waals surface area (Å²) in [6.07, 6.45) is -0.490. The van der Waals surface area contributed by atoms with Crippen molar-refractivity contribution in [3.8, 4) is 5.75 Å². The Hall–Kier alpha value is -1.80. The molecule has 0 amide bonds. The van der Waals surface area contributed by atoms with Crippen LogP contribution in [0.2, 0.25) is 0 Å². The highest BCUT2D eigenvalue weighted by molar-refractivity contribution is 5.77. The second kappa shape index (κ2) is 7.84. The van der Waals surface area contributed by atoms with Crippen molar-refractivity contribution < 1.29 is 27.4 Å². The molecular weight excluding hydrogens is 349 g/mol. The smallest absolute Gasteiger partial charge is 0.406 e. The Morgan fingerprint density at radius 2 is 2.08 bits per heavy atom. The first-order valence-corrected chi connectivity index (χ1v) is 8.75. The SMILES string of the molecule is COC(C)Cc1nc2cc(OC(F)(F)F)ccc2n1CCOC1CCC1. The fourth-order valence-electron chi connectivity index (χ4n) is 2.95. The van der Waals surface area contributed by atoms with Gasteiger partial charge in [0.05, 0.1) is 29.8 Å². The van der Waals surface area contributed by atoms with Crippen LogP contribution >= 0.6 is 0 Å². The van der Waals surface area contributed by atoms with E-state index in [2.05, 4.69) is 9.72 Å². The van der Waals surface area contributed by atoms with E-state index in [1.807, 2.05) is 11.5 Å². The molecule has 1 aromatic carbocycles. The molecule has 1 heterocycles. The second-order valence-corrected chi connectivity index (χ2v) is 6.55. The lowest BCUT2D eigenvalue weighted by atomic mass is 9.96. The van der Waals surface area contributed by atoms with Crippen molar-refractivity contribution in [2.75, 3.05) is 13.7 Å². The van der Waals surface area contributed by atoms with Crippen molar-refractivity contribution >= 4 is 11.0 Å². The molecule has 0 aliphatic heterocycles. The van der Waals surface area contributed by atoms with E-state index >= 15 is 0 Å². The van der Waals surface area contributed by atoms with Gasteiger partial charge in [0.1, 0.15) is 11.6 Å². The van der Waals surface area contributed by atoms with Crippen molar-refractivity contribution in [1.29, 1.82) is 0 Å². The molecule has 1 saturated carbocycles. The van der Waals surface area contributed by atoms with Crippen molar-refractivity contribution in [2.45, 2.75) is 57.7 Å². The Kier molecular flexibility index (Phi) is 5.72. The highest BCUT2D eigenvalue weighted by atomic mass is 19.4. The number of nitrogens with zero attached hydrogens (tertiary/aromatic N) is 2. The average Bonchev–Trinajstić information content (AvgIpc) is 2.84. The lowest BCUT2D eigenvalue weighted by molar-refractivity contribution is -0.274. The molecule has 1 atom stereocenters. The first kappa shape index (κ1) is 19.0. The molecule has 3 rings (SSSR count). The quantitative estimate of drug-likeness (QED) is 0.700. The number of ether oxygens (including phenoxy) is 3. The number of benzene rings is 1. The molecule has 0 saturated heterocycles. The van der Waals surface area contributed by atoms with Crippen LogP contribution < -0.4 is 4.74 Å². The zero-order valence-corrected chi connectivity index (χ0v) is 14.9. The van der Waals surface area contributed by atoms with Gasteiger partial charge in [-0.1, -0.05) is 0 Å². The molecule has 8 heteroatoms. The summed E-state index contributed by atoms with van der Waals surface area (Å²) in [5.41, 5.74) is 1.23. The number of alkyl halides is 3. The zero-order valence-electron chi connectivity index (χ0n) is 14.9. The summed E-state index contributed by atoms with van der Waals surface area (Å²) < 4.78 is 54.4. The Balaban J connectivity index is 1.83. The van der Waals surface area contributed by atoms with Crippen molar-refractivity contribution in [2.24, 2.45) is 0 Å². The van der Waals surface area contributed by atoms with E-state index in [0.29, 0.717) is 31.2 Å². The first-order valence-electron chi connectivity index (χ1n) is 8.75. The van der Waals surface area contributed by atoms with Crippen LogP contribution in [0.5, 0.6) is 5.75 Å². The standard InChI is InChI=1S/C18H23F3N2O3/c1-12(24-2)10-17-22-15-11-14(26-18(19,20)21)6-7-16(15)23(17)8-9-25-13-4-3-5-13/h6-7,11-13H,3-5,8-10H2,1-2H3. The molecule has 5 nitrogen and oxygen atoms in total.